The molecule has 0 aromatic rings. The van der Waals surface area contributed by atoms with E-state index < -0.39 is 0 Å². The molecule has 0 aromatic heterocycles. The fourth-order valence-electron chi connectivity index (χ4n) is 3.76. The van der Waals surface area contributed by atoms with E-state index in [1.807, 2.05) is 0 Å². The molecule has 0 spiro atoms. The van der Waals surface area contributed by atoms with Crippen molar-refractivity contribution in [3.63, 3.8) is 0 Å². The van der Waals surface area contributed by atoms with Crippen molar-refractivity contribution in [1.82, 2.24) is 5.32 Å². The van der Waals surface area contributed by atoms with Gasteiger partial charge in [0.05, 0.1) is 6.10 Å². The molecule has 0 radical (unpaired) electrons. The molecule has 1 aliphatic heterocycles. The van der Waals surface area contributed by atoms with Gasteiger partial charge in [0.25, 0.3) is 0 Å². The van der Waals surface area contributed by atoms with Crippen LogP contribution in [0.1, 0.15) is 39.5 Å². The van der Waals surface area contributed by atoms with E-state index in [2.05, 4.69) is 19.2 Å². The zero-order valence-corrected chi connectivity index (χ0v) is 10.5. The lowest BCUT2D eigenvalue weighted by Crippen LogP contribution is -2.78. The Hall–Kier alpha value is -0.120. The minimum absolute atomic E-state index is 0.0518. The van der Waals surface area contributed by atoms with Crippen molar-refractivity contribution in [3.8, 4) is 0 Å². The number of rotatable bonds is 3. The number of hydrogen-bond donors (Lipinski definition) is 2. The molecule has 3 N–H and O–H groups in total. The van der Waals surface area contributed by atoms with Gasteiger partial charge in [0.2, 0.25) is 0 Å². The Morgan fingerprint density at radius 1 is 1.31 bits per heavy atom. The van der Waals surface area contributed by atoms with Crippen molar-refractivity contribution in [1.29, 1.82) is 0 Å². The molecular weight excluding hydrogens is 200 g/mol. The molecule has 3 rings (SSSR count). The zero-order valence-electron chi connectivity index (χ0n) is 10.5. The van der Waals surface area contributed by atoms with Gasteiger partial charge in [-0.3, -0.25) is 0 Å². The Morgan fingerprint density at radius 2 is 2.06 bits per heavy atom. The summed E-state index contributed by atoms with van der Waals surface area (Å²) in [4.78, 5) is 0. The standard InChI is InChI=1S/C13H24N2O/c1-12(2)11-10(6-7-16-11)13(12,14)8-15-9-4-3-5-9/h9-11,15H,3-8,14H2,1-2H3. The highest BCUT2D eigenvalue weighted by atomic mass is 16.5. The van der Waals surface area contributed by atoms with Crippen molar-refractivity contribution in [3.05, 3.63) is 0 Å². The summed E-state index contributed by atoms with van der Waals surface area (Å²) in [6.07, 6.45) is 5.60. The average molecular weight is 224 g/mol. The molecule has 0 amide bonds. The van der Waals surface area contributed by atoms with Crippen molar-refractivity contribution < 1.29 is 4.74 Å². The molecular formula is C13H24N2O. The van der Waals surface area contributed by atoms with Crippen LogP contribution >= 0.6 is 0 Å². The Kier molecular flexibility index (Phi) is 2.36. The van der Waals surface area contributed by atoms with Crippen LogP contribution in [-0.4, -0.2) is 30.8 Å². The lowest BCUT2D eigenvalue weighted by molar-refractivity contribution is -0.154. The van der Waals surface area contributed by atoms with E-state index in [1.54, 1.807) is 0 Å². The molecule has 0 aromatic carbocycles. The smallest absolute Gasteiger partial charge is 0.0691 e. The van der Waals surface area contributed by atoms with Crippen molar-refractivity contribution >= 4 is 0 Å². The quantitative estimate of drug-likeness (QED) is 0.759. The van der Waals surface area contributed by atoms with Gasteiger partial charge in [0.15, 0.2) is 0 Å². The summed E-state index contributed by atoms with van der Waals surface area (Å²) in [6, 6.07) is 0.734. The third-order valence-corrected chi connectivity index (χ3v) is 5.45. The molecule has 16 heavy (non-hydrogen) atoms. The van der Waals surface area contributed by atoms with Gasteiger partial charge in [-0.15, -0.1) is 0 Å². The first-order chi connectivity index (χ1) is 7.56. The van der Waals surface area contributed by atoms with E-state index in [-0.39, 0.29) is 11.0 Å². The minimum Gasteiger partial charge on any atom is -0.377 e. The van der Waals surface area contributed by atoms with Gasteiger partial charge in [-0.05, 0) is 19.3 Å². The molecule has 3 atom stereocenters. The maximum absolute atomic E-state index is 6.65. The lowest BCUT2D eigenvalue weighted by Gasteiger charge is -2.62. The van der Waals surface area contributed by atoms with E-state index in [9.17, 15) is 0 Å². The van der Waals surface area contributed by atoms with E-state index in [0.717, 1.165) is 25.6 Å². The largest absolute Gasteiger partial charge is 0.377 e. The highest BCUT2D eigenvalue weighted by Crippen LogP contribution is 2.57. The second-order valence-electron chi connectivity index (χ2n) is 6.46. The Morgan fingerprint density at radius 3 is 2.69 bits per heavy atom. The highest BCUT2D eigenvalue weighted by molar-refractivity contribution is 5.21. The molecule has 3 aliphatic rings. The number of hydrogen-bond acceptors (Lipinski definition) is 3. The van der Waals surface area contributed by atoms with Gasteiger partial charge in [0.1, 0.15) is 0 Å². The monoisotopic (exact) mass is 224 g/mol. The Bertz CT molecular complexity index is 288. The van der Waals surface area contributed by atoms with Gasteiger partial charge >= 0.3 is 0 Å². The van der Waals surface area contributed by atoms with Gasteiger partial charge in [0, 0.05) is 36.1 Å². The number of nitrogens with one attached hydrogen (secondary N) is 1. The molecule has 3 unspecified atom stereocenters. The summed E-state index contributed by atoms with van der Waals surface area (Å²) in [5.41, 5.74) is 6.73. The number of ether oxygens (including phenoxy) is 1. The average Bonchev–Trinajstić information content (AvgIpc) is 2.62. The molecule has 92 valence electrons. The summed E-state index contributed by atoms with van der Waals surface area (Å²) < 4.78 is 5.80. The van der Waals surface area contributed by atoms with E-state index >= 15 is 0 Å². The van der Waals surface area contributed by atoms with Crippen LogP contribution in [0.25, 0.3) is 0 Å². The number of fused-ring (bicyclic) bond motifs is 1. The predicted molar refractivity (Wildman–Crippen MR) is 64.2 cm³/mol. The lowest BCUT2D eigenvalue weighted by atomic mass is 9.48. The Balaban J connectivity index is 1.66. The van der Waals surface area contributed by atoms with Crippen LogP contribution in [0.4, 0.5) is 0 Å². The normalized spacial score (nSPS) is 45.9. The van der Waals surface area contributed by atoms with Crippen LogP contribution in [0.3, 0.4) is 0 Å². The fourth-order valence-corrected chi connectivity index (χ4v) is 3.76. The summed E-state index contributed by atoms with van der Waals surface area (Å²) in [6.45, 7) is 6.40. The fraction of sp³-hybridized carbons (Fsp3) is 1.00. The summed E-state index contributed by atoms with van der Waals surface area (Å²) in [7, 11) is 0. The molecule has 3 nitrogen and oxygen atoms in total. The van der Waals surface area contributed by atoms with Crippen LogP contribution in [0.5, 0.6) is 0 Å². The van der Waals surface area contributed by atoms with E-state index in [0.29, 0.717) is 12.0 Å². The van der Waals surface area contributed by atoms with Gasteiger partial charge in [-0.1, -0.05) is 20.3 Å². The maximum Gasteiger partial charge on any atom is 0.0691 e. The summed E-state index contributed by atoms with van der Waals surface area (Å²) >= 11 is 0. The third-order valence-electron chi connectivity index (χ3n) is 5.45. The van der Waals surface area contributed by atoms with E-state index in [1.165, 1.54) is 19.3 Å². The molecule has 3 heteroatoms. The maximum atomic E-state index is 6.65. The topological polar surface area (TPSA) is 47.3 Å². The SMILES string of the molecule is CC1(C)C2OCCC2C1(N)CNC1CCC1. The van der Waals surface area contributed by atoms with Crippen LogP contribution in [0, 0.1) is 11.3 Å². The van der Waals surface area contributed by atoms with Crippen molar-refractivity contribution in [2.75, 3.05) is 13.2 Å². The number of nitrogens with two attached hydrogens (primary N) is 1. The Labute approximate surface area is 98.1 Å². The van der Waals surface area contributed by atoms with Gasteiger partial charge in [-0.25, -0.2) is 0 Å². The molecule has 1 heterocycles. The summed E-state index contributed by atoms with van der Waals surface area (Å²) in [5, 5.41) is 3.65. The zero-order chi connectivity index (χ0) is 11.4. The minimum atomic E-state index is -0.0518. The molecule has 3 fully saturated rings. The van der Waals surface area contributed by atoms with Crippen LogP contribution in [0.2, 0.25) is 0 Å². The van der Waals surface area contributed by atoms with E-state index in [4.69, 9.17) is 10.5 Å². The van der Waals surface area contributed by atoms with Crippen molar-refractivity contribution in [2.45, 2.75) is 57.2 Å². The predicted octanol–water partition coefficient (Wildman–Crippen LogP) is 1.27. The second kappa shape index (κ2) is 3.44. The summed E-state index contributed by atoms with van der Waals surface area (Å²) in [5.74, 6) is 0.579. The highest BCUT2D eigenvalue weighted by Gasteiger charge is 2.67. The first-order valence-corrected chi connectivity index (χ1v) is 6.69. The van der Waals surface area contributed by atoms with Crippen LogP contribution in [-0.2, 0) is 4.74 Å². The van der Waals surface area contributed by atoms with Gasteiger partial charge < -0.3 is 15.8 Å². The molecule has 1 saturated heterocycles. The van der Waals surface area contributed by atoms with Crippen LogP contribution in [0.15, 0.2) is 0 Å². The third kappa shape index (κ3) is 1.25. The molecule has 2 saturated carbocycles. The second-order valence-corrected chi connectivity index (χ2v) is 6.46. The first kappa shape index (κ1) is 11.0. The first-order valence-electron chi connectivity index (χ1n) is 6.69. The molecule has 0 bridgehead atoms. The van der Waals surface area contributed by atoms with Crippen LogP contribution < -0.4 is 11.1 Å². The van der Waals surface area contributed by atoms with Gasteiger partial charge in [-0.2, -0.15) is 0 Å². The van der Waals surface area contributed by atoms with Crippen molar-refractivity contribution in [2.24, 2.45) is 17.1 Å². The molecule has 2 aliphatic carbocycles.